The number of rotatable bonds is 8. The van der Waals surface area contributed by atoms with Gasteiger partial charge in [0.25, 0.3) is 0 Å². The van der Waals surface area contributed by atoms with Crippen LogP contribution in [-0.2, 0) is 11.2 Å². The molecule has 1 aromatic rings. The fraction of sp³-hybridized carbons (Fsp3) is 0.625. The molecule has 0 saturated carbocycles. The van der Waals surface area contributed by atoms with Crippen LogP contribution in [0.3, 0.4) is 0 Å². The second-order valence-corrected chi connectivity index (χ2v) is 5.01. The standard InChI is InChI=1S/C16H27NO/c1-5-7-17-16(12-18-6-2)11-15-9-13(3)8-14(4)10-15/h8-10,16-17H,5-7,11-12H2,1-4H3. The Kier molecular flexibility index (Phi) is 6.99. The molecule has 1 atom stereocenters. The molecule has 1 N–H and O–H groups in total. The summed E-state index contributed by atoms with van der Waals surface area (Å²) in [6, 6.07) is 7.20. The molecule has 0 heterocycles. The lowest BCUT2D eigenvalue weighted by atomic mass is 10.0. The highest BCUT2D eigenvalue weighted by molar-refractivity contribution is 5.29. The molecule has 0 aromatic heterocycles. The van der Waals surface area contributed by atoms with Crippen molar-refractivity contribution in [2.24, 2.45) is 0 Å². The SMILES string of the molecule is CCCNC(COCC)Cc1cc(C)cc(C)c1. The minimum atomic E-state index is 0.422. The average molecular weight is 249 g/mol. The predicted octanol–water partition coefficient (Wildman–Crippen LogP) is 3.25. The van der Waals surface area contributed by atoms with E-state index >= 15 is 0 Å². The van der Waals surface area contributed by atoms with Crippen LogP contribution in [-0.4, -0.2) is 25.8 Å². The van der Waals surface area contributed by atoms with Gasteiger partial charge in [-0.15, -0.1) is 0 Å². The van der Waals surface area contributed by atoms with E-state index in [0.717, 1.165) is 32.6 Å². The number of nitrogens with one attached hydrogen (secondary N) is 1. The summed E-state index contributed by atoms with van der Waals surface area (Å²) >= 11 is 0. The Morgan fingerprint density at radius 1 is 1.11 bits per heavy atom. The highest BCUT2D eigenvalue weighted by Gasteiger charge is 2.09. The van der Waals surface area contributed by atoms with Gasteiger partial charge < -0.3 is 10.1 Å². The Morgan fingerprint density at radius 2 is 1.78 bits per heavy atom. The molecule has 0 bridgehead atoms. The van der Waals surface area contributed by atoms with E-state index in [1.807, 2.05) is 6.92 Å². The first-order chi connectivity index (χ1) is 8.65. The summed E-state index contributed by atoms with van der Waals surface area (Å²) in [5, 5.41) is 3.57. The lowest BCUT2D eigenvalue weighted by Gasteiger charge is -2.19. The van der Waals surface area contributed by atoms with Crippen LogP contribution in [0.2, 0.25) is 0 Å². The van der Waals surface area contributed by atoms with E-state index in [1.165, 1.54) is 16.7 Å². The van der Waals surface area contributed by atoms with Gasteiger partial charge in [-0.3, -0.25) is 0 Å². The Labute approximate surface area is 112 Å². The second kappa shape index (κ2) is 8.28. The fourth-order valence-electron chi connectivity index (χ4n) is 2.27. The van der Waals surface area contributed by atoms with E-state index in [9.17, 15) is 0 Å². The van der Waals surface area contributed by atoms with Gasteiger partial charge in [-0.2, -0.15) is 0 Å². The Bertz CT molecular complexity index is 321. The minimum absolute atomic E-state index is 0.422. The largest absolute Gasteiger partial charge is 0.380 e. The van der Waals surface area contributed by atoms with E-state index in [4.69, 9.17) is 4.74 Å². The summed E-state index contributed by atoms with van der Waals surface area (Å²) in [6.45, 7) is 11.2. The molecule has 1 rings (SSSR count). The van der Waals surface area contributed by atoms with Crippen molar-refractivity contribution in [1.29, 1.82) is 0 Å². The van der Waals surface area contributed by atoms with Crippen molar-refractivity contribution in [3.63, 3.8) is 0 Å². The van der Waals surface area contributed by atoms with Crippen molar-refractivity contribution in [2.75, 3.05) is 19.8 Å². The molecule has 0 fully saturated rings. The third kappa shape index (κ3) is 5.65. The van der Waals surface area contributed by atoms with Crippen LogP contribution in [0.15, 0.2) is 18.2 Å². The summed E-state index contributed by atoms with van der Waals surface area (Å²) in [6.07, 6.45) is 2.21. The van der Waals surface area contributed by atoms with E-state index < -0.39 is 0 Å². The smallest absolute Gasteiger partial charge is 0.0622 e. The van der Waals surface area contributed by atoms with Crippen LogP contribution < -0.4 is 5.32 Å². The van der Waals surface area contributed by atoms with E-state index in [-0.39, 0.29) is 0 Å². The van der Waals surface area contributed by atoms with Gasteiger partial charge in [-0.25, -0.2) is 0 Å². The zero-order chi connectivity index (χ0) is 13.4. The molecule has 1 aromatic carbocycles. The van der Waals surface area contributed by atoms with Crippen LogP contribution in [0.5, 0.6) is 0 Å². The molecule has 0 spiro atoms. The van der Waals surface area contributed by atoms with Gasteiger partial charge in [-0.05, 0) is 45.7 Å². The summed E-state index contributed by atoms with van der Waals surface area (Å²) in [7, 11) is 0. The van der Waals surface area contributed by atoms with E-state index in [0.29, 0.717) is 6.04 Å². The molecule has 0 aliphatic carbocycles. The van der Waals surface area contributed by atoms with Crippen molar-refractivity contribution in [3.05, 3.63) is 34.9 Å². The van der Waals surface area contributed by atoms with Crippen molar-refractivity contribution in [2.45, 2.75) is 46.6 Å². The van der Waals surface area contributed by atoms with Crippen LogP contribution in [0.4, 0.5) is 0 Å². The number of ether oxygens (including phenoxy) is 1. The Hall–Kier alpha value is -0.860. The third-order valence-corrected chi connectivity index (χ3v) is 2.97. The lowest BCUT2D eigenvalue weighted by Crippen LogP contribution is -2.36. The molecular weight excluding hydrogens is 222 g/mol. The van der Waals surface area contributed by atoms with Crippen molar-refractivity contribution in [1.82, 2.24) is 5.32 Å². The van der Waals surface area contributed by atoms with Gasteiger partial charge in [0.15, 0.2) is 0 Å². The van der Waals surface area contributed by atoms with Crippen molar-refractivity contribution >= 4 is 0 Å². The van der Waals surface area contributed by atoms with Crippen LogP contribution in [0.25, 0.3) is 0 Å². The molecule has 0 aliphatic rings. The highest BCUT2D eigenvalue weighted by Crippen LogP contribution is 2.11. The maximum atomic E-state index is 5.56. The topological polar surface area (TPSA) is 21.3 Å². The van der Waals surface area contributed by atoms with Gasteiger partial charge in [0.1, 0.15) is 0 Å². The first kappa shape index (κ1) is 15.2. The van der Waals surface area contributed by atoms with E-state index in [1.54, 1.807) is 0 Å². The Morgan fingerprint density at radius 3 is 2.33 bits per heavy atom. The number of aryl methyl sites for hydroxylation is 2. The third-order valence-electron chi connectivity index (χ3n) is 2.97. The molecule has 2 heteroatoms. The monoisotopic (exact) mass is 249 g/mol. The van der Waals surface area contributed by atoms with Crippen LogP contribution in [0.1, 0.15) is 37.0 Å². The molecule has 0 saturated heterocycles. The zero-order valence-corrected chi connectivity index (χ0v) is 12.3. The molecular formula is C16H27NO. The normalized spacial score (nSPS) is 12.7. The van der Waals surface area contributed by atoms with Crippen molar-refractivity contribution in [3.8, 4) is 0 Å². The maximum Gasteiger partial charge on any atom is 0.0622 e. The number of hydrogen-bond acceptors (Lipinski definition) is 2. The number of hydrogen-bond donors (Lipinski definition) is 1. The summed E-state index contributed by atoms with van der Waals surface area (Å²) in [5.41, 5.74) is 4.09. The highest BCUT2D eigenvalue weighted by atomic mass is 16.5. The molecule has 18 heavy (non-hydrogen) atoms. The first-order valence-corrected chi connectivity index (χ1v) is 7.04. The molecule has 0 amide bonds. The number of benzene rings is 1. The quantitative estimate of drug-likeness (QED) is 0.763. The van der Waals surface area contributed by atoms with Gasteiger partial charge in [0, 0.05) is 12.6 Å². The van der Waals surface area contributed by atoms with Gasteiger partial charge in [0.2, 0.25) is 0 Å². The fourth-order valence-corrected chi connectivity index (χ4v) is 2.27. The summed E-state index contributed by atoms with van der Waals surface area (Å²) in [5.74, 6) is 0. The van der Waals surface area contributed by atoms with Crippen molar-refractivity contribution < 1.29 is 4.74 Å². The molecule has 102 valence electrons. The van der Waals surface area contributed by atoms with Gasteiger partial charge in [-0.1, -0.05) is 36.2 Å². The lowest BCUT2D eigenvalue weighted by molar-refractivity contribution is 0.122. The van der Waals surface area contributed by atoms with Gasteiger partial charge in [0.05, 0.1) is 6.61 Å². The first-order valence-electron chi connectivity index (χ1n) is 7.04. The molecule has 2 nitrogen and oxygen atoms in total. The minimum Gasteiger partial charge on any atom is -0.380 e. The molecule has 0 radical (unpaired) electrons. The summed E-state index contributed by atoms with van der Waals surface area (Å²) in [4.78, 5) is 0. The summed E-state index contributed by atoms with van der Waals surface area (Å²) < 4.78 is 5.56. The second-order valence-electron chi connectivity index (χ2n) is 5.01. The predicted molar refractivity (Wildman–Crippen MR) is 78.2 cm³/mol. The van der Waals surface area contributed by atoms with Crippen LogP contribution >= 0.6 is 0 Å². The zero-order valence-electron chi connectivity index (χ0n) is 12.3. The average Bonchev–Trinajstić information content (AvgIpc) is 2.31. The van der Waals surface area contributed by atoms with E-state index in [2.05, 4.69) is 44.3 Å². The van der Waals surface area contributed by atoms with Crippen LogP contribution in [0, 0.1) is 13.8 Å². The Balaban J connectivity index is 2.62. The molecule has 1 unspecified atom stereocenters. The maximum absolute atomic E-state index is 5.56. The molecule has 0 aliphatic heterocycles. The van der Waals surface area contributed by atoms with Gasteiger partial charge >= 0.3 is 0 Å².